The van der Waals surface area contributed by atoms with E-state index in [9.17, 15) is 0 Å². The lowest BCUT2D eigenvalue weighted by Gasteiger charge is -2.09. The number of nitrogens with zero attached hydrogens (tertiary/aromatic N) is 4. The van der Waals surface area contributed by atoms with Crippen LogP contribution in [0.5, 0.6) is 0 Å². The topological polar surface area (TPSA) is 56.9 Å². The molecule has 21 heavy (non-hydrogen) atoms. The van der Waals surface area contributed by atoms with Crippen LogP contribution in [0, 0.1) is 0 Å². The molecule has 0 saturated heterocycles. The second kappa shape index (κ2) is 7.83. The molecule has 2 aromatic rings. The van der Waals surface area contributed by atoms with Gasteiger partial charge in [-0.2, -0.15) is 5.10 Å². The highest BCUT2D eigenvalue weighted by molar-refractivity contribution is 5.29. The predicted molar refractivity (Wildman–Crippen MR) is 83.2 cm³/mol. The number of ether oxygens (including phenoxy) is 1. The maximum absolute atomic E-state index is 5.37. The van der Waals surface area contributed by atoms with E-state index < -0.39 is 0 Å². The largest absolute Gasteiger partial charge is 0.382 e. The fraction of sp³-hybridized carbons (Fsp3) is 0.600. The van der Waals surface area contributed by atoms with E-state index in [0.29, 0.717) is 0 Å². The van der Waals surface area contributed by atoms with E-state index in [-0.39, 0.29) is 0 Å². The Bertz CT molecular complexity index is 546. The van der Waals surface area contributed by atoms with E-state index in [2.05, 4.69) is 33.1 Å². The van der Waals surface area contributed by atoms with Gasteiger partial charge in [-0.15, -0.1) is 0 Å². The molecule has 0 radical (unpaired) electrons. The van der Waals surface area contributed by atoms with E-state index in [1.165, 1.54) is 5.56 Å². The first-order valence-corrected chi connectivity index (χ1v) is 7.58. The molecule has 0 saturated carbocycles. The quantitative estimate of drug-likeness (QED) is 0.720. The van der Waals surface area contributed by atoms with Crippen LogP contribution in [0.2, 0.25) is 0 Å². The summed E-state index contributed by atoms with van der Waals surface area (Å²) in [6, 6.07) is 0. The van der Waals surface area contributed by atoms with Crippen molar-refractivity contribution in [3.63, 3.8) is 0 Å². The Morgan fingerprint density at radius 3 is 2.95 bits per heavy atom. The number of anilines is 1. The Morgan fingerprint density at radius 2 is 2.19 bits per heavy atom. The molecule has 6 nitrogen and oxygen atoms in total. The smallest absolute Gasteiger partial charge is 0.203 e. The van der Waals surface area contributed by atoms with Gasteiger partial charge in [0, 0.05) is 57.5 Å². The molecule has 0 unspecified atom stereocenters. The van der Waals surface area contributed by atoms with Crippen LogP contribution in [0.1, 0.15) is 31.5 Å². The first-order valence-electron chi connectivity index (χ1n) is 7.58. The Morgan fingerprint density at radius 1 is 1.33 bits per heavy atom. The van der Waals surface area contributed by atoms with Gasteiger partial charge in [0.1, 0.15) is 0 Å². The lowest BCUT2D eigenvalue weighted by atomic mass is 10.2. The van der Waals surface area contributed by atoms with Crippen molar-refractivity contribution in [1.29, 1.82) is 0 Å². The zero-order chi connectivity index (χ0) is 15.1. The van der Waals surface area contributed by atoms with Crippen LogP contribution in [0.15, 0.2) is 18.6 Å². The number of aryl methyl sites for hydroxylation is 3. The third-order valence-electron chi connectivity index (χ3n) is 3.37. The summed E-state index contributed by atoms with van der Waals surface area (Å²) in [5, 5.41) is 7.85. The van der Waals surface area contributed by atoms with E-state index in [0.717, 1.165) is 50.8 Å². The summed E-state index contributed by atoms with van der Waals surface area (Å²) in [5.41, 5.74) is 2.36. The number of nitrogens with one attached hydrogen (secondary N) is 1. The third-order valence-corrected chi connectivity index (χ3v) is 3.37. The molecule has 116 valence electrons. The van der Waals surface area contributed by atoms with Gasteiger partial charge < -0.3 is 14.6 Å². The summed E-state index contributed by atoms with van der Waals surface area (Å²) in [7, 11) is 1.96. The van der Waals surface area contributed by atoms with E-state index in [1.807, 2.05) is 31.0 Å². The number of rotatable bonds is 9. The fourth-order valence-electron chi connectivity index (χ4n) is 2.34. The number of hydrogen-bond donors (Lipinski definition) is 1. The van der Waals surface area contributed by atoms with Gasteiger partial charge in [0.2, 0.25) is 5.95 Å². The van der Waals surface area contributed by atoms with Gasteiger partial charge in [0.15, 0.2) is 0 Å². The maximum atomic E-state index is 5.37. The van der Waals surface area contributed by atoms with Crippen molar-refractivity contribution in [3.8, 4) is 0 Å². The number of hydrogen-bond acceptors (Lipinski definition) is 4. The van der Waals surface area contributed by atoms with Crippen LogP contribution >= 0.6 is 0 Å². The Labute approximate surface area is 126 Å². The Hall–Kier alpha value is -1.82. The molecule has 2 aromatic heterocycles. The van der Waals surface area contributed by atoms with Gasteiger partial charge in [-0.3, -0.25) is 4.68 Å². The highest BCUT2D eigenvalue weighted by atomic mass is 16.5. The Kier molecular flexibility index (Phi) is 5.80. The average molecular weight is 291 g/mol. The van der Waals surface area contributed by atoms with Crippen molar-refractivity contribution < 1.29 is 4.74 Å². The molecule has 1 N–H and O–H groups in total. The number of imidazole rings is 1. The summed E-state index contributed by atoms with van der Waals surface area (Å²) < 4.78 is 9.36. The molecule has 2 rings (SSSR count). The summed E-state index contributed by atoms with van der Waals surface area (Å²) in [6.07, 6.45) is 7.83. The van der Waals surface area contributed by atoms with E-state index in [1.54, 1.807) is 0 Å². The van der Waals surface area contributed by atoms with E-state index >= 15 is 0 Å². The average Bonchev–Trinajstić information content (AvgIpc) is 3.07. The molecule has 2 heterocycles. The second-order valence-electron chi connectivity index (χ2n) is 4.98. The van der Waals surface area contributed by atoms with Crippen LogP contribution in [0.3, 0.4) is 0 Å². The molecule has 0 amide bonds. The highest BCUT2D eigenvalue weighted by Gasteiger charge is 2.07. The van der Waals surface area contributed by atoms with Crippen LogP contribution in [0.4, 0.5) is 5.95 Å². The van der Waals surface area contributed by atoms with Crippen LogP contribution < -0.4 is 5.32 Å². The minimum atomic E-state index is 0.749. The van der Waals surface area contributed by atoms with Crippen LogP contribution in [-0.4, -0.2) is 32.5 Å². The van der Waals surface area contributed by atoms with Gasteiger partial charge in [0.25, 0.3) is 0 Å². The van der Waals surface area contributed by atoms with Crippen molar-refractivity contribution >= 4 is 5.95 Å². The molecule has 6 heteroatoms. The normalized spacial score (nSPS) is 11.0. The summed E-state index contributed by atoms with van der Waals surface area (Å²) >= 11 is 0. The summed E-state index contributed by atoms with van der Waals surface area (Å²) in [6.45, 7) is 7.37. The lowest BCUT2D eigenvalue weighted by molar-refractivity contribution is 0.142. The zero-order valence-electron chi connectivity index (χ0n) is 13.2. The second-order valence-corrected chi connectivity index (χ2v) is 4.98. The van der Waals surface area contributed by atoms with Crippen LogP contribution in [-0.2, 0) is 31.3 Å². The SMILES string of the molecule is CCOCCCn1ccnc1NCc1cn(C)nc1CC. The molecule has 0 fully saturated rings. The highest BCUT2D eigenvalue weighted by Crippen LogP contribution is 2.11. The fourth-order valence-corrected chi connectivity index (χ4v) is 2.34. The number of aromatic nitrogens is 4. The third kappa shape index (κ3) is 4.32. The molecule has 0 aliphatic heterocycles. The first-order chi connectivity index (χ1) is 10.2. The van der Waals surface area contributed by atoms with Crippen molar-refractivity contribution in [1.82, 2.24) is 19.3 Å². The van der Waals surface area contributed by atoms with Crippen molar-refractivity contribution in [3.05, 3.63) is 29.8 Å². The molecule has 0 bridgehead atoms. The molecule has 0 spiro atoms. The summed E-state index contributed by atoms with van der Waals surface area (Å²) in [5.74, 6) is 0.900. The molecule has 0 atom stereocenters. The minimum absolute atomic E-state index is 0.749. The first kappa shape index (κ1) is 15.6. The monoisotopic (exact) mass is 291 g/mol. The molecule has 0 aliphatic carbocycles. The van der Waals surface area contributed by atoms with E-state index in [4.69, 9.17) is 4.74 Å². The predicted octanol–water partition coefficient (Wildman–Crippen LogP) is 2.22. The van der Waals surface area contributed by atoms with Crippen molar-refractivity contribution in [2.24, 2.45) is 7.05 Å². The Balaban J connectivity index is 1.89. The van der Waals surface area contributed by atoms with Crippen molar-refractivity contribution in [2.45, 2.75) is 39.8 Å². The van der Waals surface area contributed by atoms with Gasteiger partial charge in [-0.05, 0) is 19.8 Å². The van der Waals surface area contributed by atoms with Gasteiger partial charge in [0.05, 0.1) is 5.69 Å². The minimum Gasteiger partial charge on any atom is -0.382 e. The summed E-state index contributed by atoms with van der Waals surface area (Å²) in [4.78, 5) is 4.38. The lowest BCUT2D eigenvalue weighted by Crippen LogP contribution is -2.09. The van der Waals surface area contributed by atoms with Crippen LogP contribution in [0.25, 0.3) is 0 Å². The molecular formula is C15H25N5O. The molecule has 0 aliphatic rings. The van der Waals surface area contributed by atoms with Crippen molar-refractivity contribution in [2.75, 3.05) is 18.5 Å². The van der Waals surface area contributed by atoms with Gasteiger partial charge in [-0.1, -0.05) is 6.92 Å². The maximum Gasteiger partial charge on any atom is 0.203 e. The van der Waals surface area contributed by atoms with Gasteiger partial charge in [-0.25, -0.2) is 4.98 Å². The van der Waals surface area contributed by atoms with Gasteiger partial charge >= 0.3 is 0 Å². The zero-order valence-corrected chi connectivity index (χ0v) is 13.2. The molecule has 0 aromatic carbocycles. The standard InChI is InChI=1S/C15H25N5O/c1-4-14-13(12-19(3)18-14)11-17-15-16-7-9-20(15)8-6-10-21-5-2/h7,9,12H,4-6,8,10-11H2,1-3H3,(H,16,17). The molecular weight excluding hydrogens is 266 g/mol.